The second-order valence-electron chi connectivity index (χ2n) is 13.7. The molecule has 1 aliphatic rings. The quantitative estimate of drug-likeness (QED) is 0.193. The van der Waals surface area contributed by atoms with Crippen LogP contribution in [-0.4, -0.2) is 0 Å². The summed E-state index contributed by atoms with van der Waals surface area (Å²) in [4.78, 5) is 2.45. The Bertz CT molecular complexity index is 2760. The fourth-order valence-electron chi connectivity index (χ4n) is 8.34. The second-order valence-corrected chi connectivity index (χ2v) is 13.7. The molecule has 10 rings (SSSR count). The van der Waals surface area contributed by atoms with Crippen molar-refractivity contribution in [3.8, 4) is 22.3 Å². The Morgan fingerprint density at radius 1 is 0.490 bits per heavy atom. The summed E-state index contributed by atoms with van der Waals surface area (Å²) in [6, 6.07) is 59.4. The first kappa shape index (κ1) is 27.9. The van der Waals surface area contributed by atoms with E-state index in [4.69, 9.17) is 4.42 Å². The second kappa shape index (κ2) is 10.4. The van der Waals surface area contributed by atoms with Gasteiger partial charge in [0.1, 0.15) is 5.58 Å². The van der Waals surface area contributed by atoms with Gasteiger partial charge in [0.25, 0.3) is 0 Å². The van der Waals surface area contributed by atoms with Crippen molar-refractivity contribution in [3.05, 3.63) is 175 Å². The van der Waals surface area contributed by atoms with Gasteiger partial charge in [0.15, 0.2) is 5.58 Å². The largest absolute Gasteiger partial charge is 0.454 e. The lowest BCUT2D eigenvalue weighted by Gasteiger charge is -2.29. The topological polar surface area (TPSA) is 16.4 Å². The van der Waals surface area contributed by atoms with Gasteiger partial charge < -0.3 is 9.32 Å². The van der Waals surface area contributed by atoms with E-state index in [1.54, 1.807) is 0 Å². The zero-order valence-corrected chi connectivity index (χ0v) is 27.4. The molecule has 0 radical (unpaired) electrons. The van der Waals surface area contributed by atoms with Crippen molar-refractivity contribution in [2.24, 2.45) is 0 Å². The van der Waals surface area contributed by atoms with Gasteiger partial charge in [-0.05, 0) is 79.7 Å². The van der Waals surface area contributed by atoms with Crippen molar-refractivity contribution in [1.82, 2.24) is 0 Å². The minimum atomic E-state index is -0.128. The van der Waals surface area contributed by atoms with Crippen LogP contribution in [0.5, 0.6) is 0 Å². The van der Waals surface area contributed by atoms with E-state index in [2.05, 4.69) is 183 Å². The fraction of sp³-hybridized carbons (Fsp3) is 0.0638. The molecule has 0 N–H and O–H groups in total. The first-order chi connectivity index (χ1) is 24.1. The monoisotopic (exact) mass is 627 g/mol. The number of nitrogens with zero attached hydrogens (tertiary/aromatic N) is 1. The summed E-state index contributed by atoms with van der Waals surface area (Å²) < 4.78 is 6.88. The van der Waals surface area contributed by atoms with E-state index in [1.807, 2.05) is 0 Å². The standard InChI is InChI=1S/C47H33NO/c1-47(2)39-24-9-7-21-37(39)45-40(47)25-13-26-41(45)48(33-18-11-17-31(28-33)35-23-12-16-30-14-3-5-19-34(30)35)42-29-32-15-4-6-20-36(32)44-38-22-8-10-27-43(38)49-46(42)44/h3-29H,1-2H3. The van der Waals surface area contributed by atoms with E-state index in [-0.39, 0.29) is 5.41 Å². The van der Waals surface area contributed by atoms with Gasteiger partial charge in [-0.1, -0.05) is 147 Å². The summed E-state index contributed by atoms with van der Waals surface area (Å²) in [5.74, 6) is 0. The van der Waals surface area contributed by atoms with Gasteiger partial charge in [0.05, 0.1) is 11.4 Å². The number of hydrogen-bond acceptors (Lipinski definition) is 2. The fourth-order valence-corrected chi connectivity index (χ4v) is 8.34. The van der Waals surface area contributed by atoms with Gasteiger partial charge in [-0.25, -0.2) is 0 Å². The van der Waals surface area contributed by atoms with E-state index in [0.29, 0.717) is 0 Å². The molecule has 1 aliphatic carbocycles. The highest BCUT2D eigenvalue weighted by Crippen LogP contribution is 2.55. The molecule has 2 nitrogen and oxygen atoms in total. The summed E-state index contributed by atoms with van der Waals surface area (Å²) in [6.07, 6.45) is 0. The molecule has 0 fully saturated rings. The Labute approximate surface area is 285 Å². The van der Waals surface area contributed by atoms with Crippen LogP contribution < -0.4 is 4.90 Å². The van der Waals surface area contributed by atoms with Crippen molar-refractivity contribution in [2.75, 3.05) is 4.90 Å². The predicted molar refractivity (Wildman–Crippen MR) is 206 cm³/mol. The molecule has 0 saturated carbocycles. The van der Waals surface area contributed by atoms with Crippen LogP contribution in [0.3, 0.4) is 0 Å². The summed E-state index contributed by atoms with van der Waals surface area (Å²) in [6.45, 7) is 4.70. The Balaban J connectivity index is 1.32. The van der Waals surface area contributed by atoms with Crippen LogP contribution in [0.1, 0.15) is 25.0 Å². The van der Waals surface area contributed by atoms with Gasteiger partial charge in [-0.15, -0.1) is 0 Å². The molecule has 9 aromatic rings. The van der Waals surface area contributed by atoms with Crippen LogP contribution in [0.4, 0.5) is 17.1 Å². The third kappa shape index (κ3) is 4.07. The molecule has 0 spiro atoms. The Hall–Kier alpha value is -6.12. The van der Waals surface area contributed by atoms with Gasteiger partial charge in [0, 0.05) is 27.4 Å². The molecule has 0 atom stereocenters. The molecule has 8 aromatic carbocycles. The Morgan fingerprint density at radius 2 is 1.14 bits per heavy atom. The number of anilines is 3. The maximum absolute atomic E-state index is 6.88. The molecular weight excluding hydrogens is 595 g/mol. The van der Waals surface area contributed by atoms with Crippen LogP contribution in [0.25, 0.3) is 65.7 Å². The first-order valence-electron chi connectivity index (χ1n) is 17.0. The highest BCUT2D eigenvalue weighted by molar-refractivity contribution is 6.23. The highest BCUT2D eigenvalue weighted by atomic mass is 16.3. The molecule has 1 aromatic heterocycles. The molecule has 2 heteroatoms. The smallest absolute Gasteiger partial charge is 0.160 e. The molecule has 49 heavy (non-hydrogen) atoms. The maximum atomic E-state index is 6.88. The molecule has 0 aliphatic heterocycles. The summed E-state index contributed by atoms with van der Waals surface area (Å²) in [5, 5.41) is 7.13. The highest BCUT2D eigenvalue weighted by Gasteiger charge is 2.38. The molecule has 0 bridgehead atoms. The van der Waals surface area contributed by atoms with E-state index < -0.39 is 0 Å². The zero-order chi connectivity index (χ0) is 32.7. The SMILES string of the molecule is CC1(C)c2ccccc2-c2c(N(c3cccc(-c4cccc5ccccc45)c3)c3cc4ccccc4c4c3oc3ccccc34)cccc21. The number of furan rings is 1. The number of rotatable bonds is 4. The van der Waals surface area contributed by atoms with Gasteiger partial charge >= 0.3 is 0 Å². The van der Waals surface area contributed by atoms with Gasteiger partial charge in [-0.2, -0.15) is 0 Å². The van der Waals surface area contributed by atoms with Gasteiger partial charge in [0.2, 0.25) is 0 Å². The van der Waals surface area contributed by atoms with Crippen LogP contribution >= 0.6 is 0 Å². The zero-order valence-electron chi connectivity index (χ0n) is 27.4. The number of benzene rings is 8. The molecule has 1 heterocycles. The van der Waals surface area contributed by atoms with E-state index >= 15 is 0 Å². The minimum absolute atomic E-state index is 0.128. The number of hydrogen-bond donors (Lipinski definition) is 0. The first-order valence-corrected chi connectivity index (χ1v) is 17.0. The molecular formula is C47H33NO. The lowest BCUT2D eigenvalue weighted by atomic mass is 9.82. The number of para-hydroxylation sites is 1. The lowest BCUT2D eigenvalue weighted by Crippen LogP contribution is -2.16. The van der Waals surface area contributed by atoms with Crippen LogP contribution in [0.15, 0.2) is 168 Å². The third-order valence-electron chi connectivity index (χ3n) is 10.6. The van der Waals surface area contributed by atoms with Crippen LogP contribution in [-0.2, 0) is 5.41 Å². The Kier molecular flexibility index (Phi) is 5.95. The molecule has 232 valence electrons. The normalized spacial score (nSPS) is 13.3. The average Bonchev–Trinajstić information content (AvgIpc) is 3.65. The van der Waals surface area contributed by atoms with Crippen molar-refractivity contribution >= 4 is 60.5 Å². The molecule has 0 unspecified atom stereocenters. The number of fused-ring (bicyclic) bond motifs is 9. The summed E-state index contributed by atoms with van der Waals surface area (Å²) in [5.41, 5.74) is 12.5. The third-order valence-corrected chi connectivity index (χ3v) is 10.6. The molecule has 0 amide bonds. The lowest BCUT2D eigenvalue weighted by molar-refractivity contribution is 0.660. The van der Waals surface area contributed by atoms with Crippen LogP contribution in [0, 0.1) is 0 Å². The van der Waals surface area contributed by atoms with Crippen molar-refractivity contribution in [2.45, 2.75) is 19.3 Å². The predicted octanol–water partition coefficient (Wildman–Crippen LogP) is 13.3. The van der Waals surface area contributed by atoms with Gasteiger partial charge in [-0.3, -0.25) is 0 Å². The van der Waals surface area contributed by atoms with Crippen LogP contribution in [0.2, 0.25) is 0 Å². The van der Waals surface area contributed by atoms with E-state index in [9.17, 15) is 0 Å². The Morgan fingerprint density at radius 3 is 2.04 bits per heavy atom. The van der Waals surface area contributed by atoms with Crippen molar-refractivity contribution < 1.29 is 4.42 Å². The summed E-state index contributed by atoms with van der Waals surface area (Å²) >= 11 is 0. The minimum Gasteiger partial charge on any atom is -0.454 e. The summed E-state index contributed by atoms with van der Waals surface area (Å²) in [7, 11) is 0. The van der Waals surface area contributed by atoms with Crippen molar-refractivity contribution in [1.29, 1.82) is 0 Å². The average molecular weight is 628 g/mol. The maximum Gasteiger partial charge on any atom is 0.160 e. The van der Waals surface area contributed by atoms with E-state index in [1.165, 1.54) is 54.9 Å². The van der Waals surface area contributed by atoms with Crippen molar-refractivity contribution in [3.63, 3.8) is 0 Å². The van der Waals surface area contributed by atoms with E-state index in [0.717, 1.165) is 39.0 Å². The molecule has 0 saturated heterocycles.